The number of nitrogens with zero attached hydrogens (tertiary/aromatic N) is 1. The second-order valence-electron chi connectivity index (χ2n) is 5.66. The van der Waals surface area contributed by atoms with Crippen LogP contribution in [0.2, 0.25) is 0 Å². The van der Waals surface area contributed by atoms with Crippen molar-refractivity contribution in [1.82, 2.24) is 10.2 Å². The highest BCUT2D eigenvalue weighted by Gasteiger charge is 2.25. The third kappa shape index (κ3) is 3.18. The average molecular weight is 210 g/mol. The van der Waals surface area contributed by atoms with Gasteiger partial charge in [-0.3, -0.25) is 0 Å². The summed E-state index contributed by atoms with van der Waals surface area (Å²) in [5, 5.41) is 3.41. The molecule has 1 N–H and O–H groups in total. The lowest BCUT2D eigenvalue weighted by molar-refractivity contribution is 0.212. The average Bonchev–Trinajstić information content (AvgIpc) is 2.65. The first-order valence-electron chi connectivity index (χ1n) is 6.67. The molecule has 2 aliphatic rings. The molecule has 0 aromatic carbocycles. The van der Waals surface area contributed by atoms with E-state index >= 15 is 0 Å². The Labute approximate surface area is 94.4 Å². The first-order valence-corrected chi connectivity index (χ1v) is 6.67. The molecule has 2 fully saturated rings. The zero-order chi connectivity index (χ0) is 10.7. The highest BCUT2D eigenvalue weighted by atomic mass is 15.1. The summed E-state index contributed by atoms with van der Waals surface area (Å²) in [5.74, 6) is 1.93. The highest BCUT2D eigenvalue weighted by molar-refractivity contribution is 4.80. The molecule has 1 saturated carbocycles. The van der Waals surface area contributed by atoms with Crippen molar-refractivity contribution in [2.24, 2.45) is 11.8 Å². The van der Waals surface area contributed by atoms with E-state index in [0.29, 0.717) is 0 Å². The van der Waals surface area contributed by atoms with E-state index in [2.05, 4.69) is 24.2 Å². The first kappa shape index (κ1) is 11.4. The van der Waals surface area contributed by atoms with Gasteiger partial charge in [0, 0.05) is 19.1 Å². The maximum absolute atomic E-state index is 3.41. The normalized spacial score (nSPS) is 38.4. The molecular weight excluding hydrogens is 184 g/mol. The largest absolute Gasteiger partial charge is 0.317 e. The van der Waals surface area contributed by atoms with Gasteiger partial charge in [0.2, 0.25) is 0 Å². The Morgan fingerprint density at radius 2 is 1.87 bits per heavy atom. The van der Waals surface area contributed by atoms with Crippen LogP contribution in [0, 0.1) is 11.8 Å². The van der Waals surface area contributed by atoms with E-state index in [-0.39, 0.29) is 0 Å². The van der Waals surface area contributed by atoms with Gasteiger partial charge in [-0.1, -0.05) is 6.92 Å². The molecule has 0 aromatic rings. The predicted molar refractivity (Wildman–Crippen MR) is 65.0 cm³/mol. The number of hydrogen-bond acceptors (Lipinski definition) is 2. The number of likely N-dealkylation sites (tertiary alicyclic amines) is 1. The zero-order valence-corrected chi connectivity index (χ0v) is 10.3. The Kier molecular flexibility index (Phi) is 4.04. The Morgan fingerprint density at radius 3 is 2.40 bits per heavy atom. The second kappa shape index (κ2) is 5.31. The SMILES string of the molecule is CNC1CCC(CN2CC[C@H](C)C2)CC1. The fraction of sp³-hybridized carbons (Fsp3) is 1.00. The van der Waals surface area contributed by atoms with Gasteiger partial charge in [-0.25, -0.2) is 0 Å². The molecule has 0 spiro atoms. The summed E-state index contributed by atoms with van der Waals surface area (Å²) in [6.45, 7) is 6.47. The minimum Gasteiger partial charge on any atom is -0.317 e. The molecule has 0 bridgehead atoms. The van der Waals surface area contributed by atoms with Gasteiger partial charge < -0.3 is 10.2 Å². The van der Waals surface area contributed by atoms with Crippen molar-refractivity contribution in [3.63, 3.8) is 0 Å². The molecule has 15 heavy (non-hydrogen) atoms. The lowest BCUT2D eigenvalue weighted by Crippen LogP contribution is -2.34. The molecule has 2 nitrogen and oxygen atoms in total. The highest BCUT2D eigenvalue weighted by Crippen LogP contribution is 2.26. The number of nitrogens with one attached hydrogen (secondary N) is 1. The van der Waals surface area contributed by atoms with Crippen molar-refractivity contribution in [3.8, 4) is 0 Å². The van der Waals surface area contributed by atoms with Crippen molar-refractivity contribution in [2.75, 3.05) is 26.7 Å². The molecular formula is C13H26N2. The molecule has 0 aromatic heterocycles. The summed E-state index contributed by atoms with van der Waals surface area (Å²) in [5.41, 5.74) is 0. The first-order chi connectivity index (χ1) is 7.28. The van der Waals surface area contributed by atoms with Gasteiger partial charge in [-0.15, -0.1) is 0 Å². The topological polar surface area (TPSA) is 15.3 Å². The van der Waals surface area contributed by atoms with Crippen LogP contribution in [-0.4, -0.2) is 37.6 Å². The van der Waals surface area contributed by atoms with Crippen LogP contribution in [0.25, 0.3) is 0 Å². The van der Waals surface area contributed by atoms with Gasteiger partial charge in [-0.2, -0.15) is 0 Å². The molecule has 88 valence electrons. The van der Waals surface area contributed by atoms with Gasteiger partial charge in [0.25, 0.3) is 0 Å². The summed E-state index contributed by atoms with van der Waals surface area (Å²) in [4.78, 5) is 2.69. The molecule has 1 aliphatic carbocycles. The van der Waals surface area contributed by atoms with Crippen LogP contribution in [0.1, 0.15) is 39.0 Å². The van der Waals surface area contributed by atoms with Gasteiger partial charge in [0.15, 0.2) is 0 Å². The van der Waals surface area contributed by atoms with E-state index in [9.17, 15) is 0 Å². The Morgan fingerprint density at radius 1 is 1.13 bits per heavy atom. The fourth-order valence-electron chi connectivity index (χ4n) is 3.19. The molecule has 0 unspecified atom stereocenters. The van der Waals surface area contributed by atoms with Crippen molar-refractivity contribution < 1.29 is 0 Å². The van der Waals surface area contributed by atoms with E-state index in [1.54, 1.807) is 0 Å². The monoisotopic (exact) mass is 210 g/mol. The standard InChI is InChI=1S/C13H26N2/c1-11-7-8-15(9-11)10-12-3-5-13(14-2)6-4-12/h11-14H,3-10H2,1-2H3/t11-,12?,13?/m0/s1. The van der Waals surface area contributed by atoms with Gasteiger partial charge in [0.1, 0.15) is 0 Å². The Bertz CT molecular complexity index is 185. The number of rotatable bonds is 3. The smallest absolute Gasteiger partial charge is 0.00642 e. The fourth-order valence-corrected chi connectivity index (χ4v) is 3.19. The second-order valence-corrected chi connectivity index (χ2v) is 5.66. The van der Waals surface area contributed by atoms with Crippen LogP contribution >= 0.6 is 0 Å². The van der Waals surface area contributed by atoms with E-state index in [0.717, 1.165) is 17.9 Å². The molecule has 1 saturated heterocycles. The van der Waals surface area contributed by atoms with Crippen LogP contribution in [0.4, 0.5) is 0 Å². The van der Waals surface area contributed by atoms with E-state index in [1.165, 1.54) is 51.7 Å². The molecule has 1 heterocycles. The predicted octanol–water partition coefficient (Wildman–Crippen LogP) is 2.11. The third-order valence-corrected chi connectivity index (χ3v) is 4.28. The molecule has 2 rings (SSSR count). The van der Waals surface area contributed by atoms with Crippen LogP contribution in [0.15, 0.2) is 0 Å². The van der Waals surface area contributed by atoms with Crippen LogP contribution < -0.4 is 5.32 Å². The summed E-state index contributed by atoms with van der Waals surface area (Å²) in [6.07, 6.45) is 7.09. The maximum atomic E-state index is 3.41. The van der Waals surface area contributed by atoms with Crippen LogP contribution in [0.3, 0.4) is 0 Å². The van der Waals surface area contributed by atoms with Crippen molar-refractivity contribution >= 4 is 0 Å². The summed E-state index contributed by atoms with van der Waals surface area (Å²) >= 11 is 0. The van der Waals surface area contributed by atoms with Gasteiger partial charge in [0.05, 0.1) is 0 Å². The van der Waals surface area contributed by atoms with E-state index in [1.807, 2.05) is 0 Å². The minimum atomic E-state index is 0.804. The van der Waals surface area contributed by atoms with Gasteiger partial charge >= 0.3 is 0 Å². The molecule has 0 radical (unpaired) electrons. The van der Waals surface area contributed by atoms with Gasteiger partial charge in [-0.05, 0) is 57.5 Å². The summed E-state index contributed by atoms with van der Waals surface area (Å²) in [7, 11) is 2.10. The van der Waals surface area contributed by atoms with E-state index < -0.39 is 0 Å². The van der Waals surface area contributed by atoms with Crippen molar-refractivity contribution in [2.45, 2.75) is 45.1 Å². The lowest BCUT2D eigenvalue weighted by atomic mass is 9.86. The molecule has 2 heteroatoms. The summed E-state index contributed by atoms with van der Waals surface area (Å²) in [6, 6.07) is 0.804. The van der Waals surface area contributed by atoms with Crippen molar-refractivity contribution in [1.29, 1.82) is 0 Å². The van der Waals surface area contributed by atoms with Crippen LogP contribution in [0.5, 0.6) is 0 Å². The van der Waals surface area contributed by atoms with Crippen LogP contribution in [-0.2, 0) is 0 Å². The lowest BCUT2D eigenvalue weighted by Gasteiger charge is -2.31. The number of hydrogen-bond donors (Lipinski definition) is 1. The molecule has 1 aliphatic heterocycles. The maximum Gasteiger partial charge on any atom is 0.00642 e. The Balaban J connectivity index is 1.68. The quantitative estimate of drug-likeness (QED) is 0.767. The Hall–Kier alpha value is -0.0800. The van der Waals surface area contributed by atoms with Crippen molar-refractivity contribution in [3.05, 3.63) is 0 Å². The molecule has 1 atom stereocenters. The summed E-state index contributed by atoms with van der Waals surface area (Å²) < 4.78 is 0. The minimum absolute atomic E-state index is 0.804. The third-order valence-electron chi connectivity index (χ3n) is 4.28. The molecule has 0 amide bonds. The van der Waals surface area contributed by atoms with E-state index in [4.69, 9.17) is 0 Å². The zero-order valence-electron chi connectivity index (χ0n) is 10.3.